The summed E-state index contributed by atoms with van der Waals surface area (Å²) < 4.78 is 0. The van der Waals surface area contributed by atoms with Gasteiger partial charge in [0.15, 0.2) is 0 Å². The second kappa shape index (κ2) is 3.99. The lowest BCUT2D eigenvalue weighted by Crippen LogP contribution is -2.54. The minimum absolute atomic E-state index is 0.173. The molecule has 3 unspecified atom stereocenters. The van der Waals surface area contributed by atoms with Crippen molar-refractivity contribution in [1.29, 1.82) is 0 Å². The first-order valence-electron chi connectivity index (χ1n) is 7.12. The van der Waals surface area contributed by atoms with E-state index >= 15 is 0 Å². The predicted molar refractivity (Wildman–Crippen MR) is 67.2 cm³/mol. The Bertz CT molecular complexity index is 259. The minimum Gasteiger partial charge on any atom is -0.324 e. The lowest BCUT2D eigenvalue weighted by atomic mass is 9.77. The third-order valence-corrected chi connectivity index (χ3v) is 5.36. The monoisotopic (exact) mass is 222 g/mol. The fraction of sp³-hybridized carbons (Fsp3) is 1.00. The quantitative estimate of drug-likeness (QED) is 0.790. The standard InChI is InChI=1S/C14H26N2/c1-16(10-14(15)5-2-6-14)9-13-8-11-3-4-12(13)7-11/h11-13H,2-10,15H2,1H3. The normalized spacial score (nSPS) is 40.3. The summed E-state index contributed by atoms with van der Waals surface area (Å²) in [5, 5.41) is 0. The number of rotatable bonds is 4. The Labute approximate surface area is 99.6 Å². The third-order valence-electron chi connectivity index (χ3n) is 5.36. The van der Waals surface area contributed by atoms with Crippen molar-refractivity contribution in [1.82, 2.24) is 4.90 Å². The smallest absolute Gasteiger partial charge is 0.0283 e. The molecule has 3 rings (SSSR count). The van der Waals surface area contributed by atoms with Crippen molar-refractivity contribution in [3.8, 4) is 0 Å². The zero-order valence-electron chi connectivity index (χ0n) is 10.6. The highest BCUT2D eigenvalue weighted by Gasteiger charge is 2.40. The molecule has 2 heteroatoms. The molecule has 0 saturated heterocycles. The molecule has 0 amide bonds. The fourth-order valence-electron chi connectivity index (χ4n) is 4.39. The van der Waals surface area contributed by atoms with Crippen LogP contribution in [0.1, 0.15) is 44.9 Å². The largest absolute Gasteiger partial charge is 0.324 e. The van der Waals surface area contributed by atoms with Crippen molar-refractivity contribution < 1.29 is 0 Å². The number of likely N-dealkylation sites (N-methyl/N-ethyl adjacent to an activating group) is 1. The van der Waals surface area contributed by atoms with Crippen molar-refractivity contribution in [2.24, 2.45) is 23.5 Å². The van der Waals surface area contributed by atoms with Gasteiger partial charge in [0, 0.05) is 18.6 Å². The Morgan fingerprint density at radius 3 is 2.56 bits per heavy atom. The highest BCUT2D eigenvalue weighted by atomic mass is 15.1. The van der Waals surface area contributed by atoms with Crippen LogP contribution < -0.4 is 5.73 Å². The molecule has 92 valence electrons. The van der Waals surface area contributed by atoms with E-state index in [0.29, 0.717) is 0 Å². The van der Waals surface area contributed by atoms with E-state index in [0.717, 1.165) is 24.3 Å². The van der Waals surface area contributed by atoms with Gasteiger partial charge >= 0.3 is 0 Å². The number of hydrogen-bond donors (Lipinski definition) is 1. The second-order valence-corrected chi connectivity index (χ2v) is 6.85. The van der Waals surface area contributed by atoms with E-state index in [-0.39, 0.29) is 5.54 Å². The molecule has 0 spiro atoms. The van der Waals surface area contributed by atoms with Crippen LogP contribution in [0.2, 0.25) is 0 Å². The van der Waals surface area contributed by atoms with Gasteiger partial charge in [-0.2, -0.15) is 0 Å². The van der Waals surface area contributed by atoms with Gasteiger partial charge in [0.2, 0.25) is 0 Å². The summed E-state index contributed by atoms with van der Waals surface area (Å²) in [6.45, 7) is 2.43. The van der Waals surface area contributed by atoms with E-state index in [1.54, 1.807) is 0 Å². The first kappa shape index (κ1) is 11.0. The minimum atomic E-state index is 0.173. The highest BCUT2D eigenvalue weighted by molar-refractivity contribution is 4.96. The average Bonchev–Trinajstić information content (AvgIpc) is 2.76. The first-order chi connectivity index (χ1) is 7.65. The molecule has 2 nitrogen and oxygen atoms in total. The Kier molecular flexibility index (Phi) is 2.75. The molecule has 0 radical (unpaired) electrons. The number of nitrogens with two attached hydrogens (primary N) is 1. The molecule has 0 heterocycles. The van der Waals surface area contributed by atoms with E-state index in [4.69, 9.17) is 5.73 Å². The summed E-state index contributed by atoms with van der Waals surface area (Å²) in [6.07, 6.45) is 9.90. The molecule has 0 aliphatic heterocycles. The maximum atomic E-state index is 6.31. The summed E-state index contributed by atoms with van der Waals surface area (Å²) in [7, 11) is 2.28. The van der Waals surface area contributed by atoms with E-state index < -0.39 is 0 Å². The molecule has 0 aromatic rings. The van der Waals surface area contributed by atoms with Crippen LogP contribution in [-0.2, 0) is 0 Å². The van der Waals surface area contributed by atoms with Crippen LogP contribution in [0.5, 0.6) is 0 Å². The second-order valence-electron chi connectivity index (χ2n) is 6.85. The lowest BCUT2D eigenvalue weighted by molar-refractivity contribution is 0.137. The molecule has 2 bridgehead atoms. The lowest BCUT2D eigenvalue weighted by Gasteiger charge is -2.42. The molecule has 3 atom stereocenters. The number of nitrogens with zero attached hydrogens (tertiary/aromatic N) is 1. The van der Waals surface area contributed by atoms with Crippen molar-refractivity contribution in [2.45, 2.75) is 50.5 Å². The molecule has 3 fully saturated rings. The van der Waals surface area contributed by atoms with Crippen LogP contribution in [0, 0.1) is 17.8 Å². The van der Waals surface area contributed by atoms with Crippen LogP contribution in [0.4, 0.5) is 0 Å². The molecular formula is C14H26N2. The maximum Gasteiger partial charge on any atom is 0.0283 e. The summed E-state index contributed by atoms with van der Waals surface area (Å²) >= 11 is 0. The number of fused-ring (bicyclic) bond motifs is 2. The molecule has 0 aromatic heterocycles. The van der Waals surface area contributed by atoms with Crippen molar-refractivity contribution in [3.63, 3.8) is 0 Å². The van der Waals surface area contributed by atoms with Crippen molar-refractivity contribution in [2.75, 3.05) is 20.1 Å². The highest BCUT2D eigenvalue weighted by Crippen LogP contribution is 2.48. The molecule has 3 aliphatic rings. The van der Waals surface area contributed by atoms with E-state index in [9.17, 15) is 0 Å². The SMILES string of the molecule is CN(CC1CC2CCC1C2)CC1(N)CCC1. The molecule has 2 N–H and O–H groups in total. The summed E-state index contributed by atoms with van der Waals surface area (Å²) in [5.74, 6) is 3.13. The van der Waals surface area contributed by atoms with Crippen LogP contribution in [0.15, 0.2) is 0 Å². The summed E-state index contributed by atoms with van der Waals surface area (Å²) in [6, 6.07) is 0. The molecule has 0 aromatic carbocycles. The average molecular weight is 222 g/mol. The zero-order chi connectivity index (χ0) is 11.2. The van der Waals surface area contributed by atoms with Gasteiger partial charge in [-0.05, 0) is 63.3 Å². The molecule has 16 heavy (non-hydrogen) atoms. The third kappa shape index (κ3) is 2.02. The van der Waals surface area contributed by atoms with Crippen LogP contribution in [-0.4, -0.2) is 30.6 Å². The summed E-state index contributed by atoms with van der Waals surface area (Å²) in [5.41, 5.74) is 6.49. The summed E-state index contributed by atoms with van der Waals surface area (Å²) in [4.78, 5) is 2.52. The van der Waals surface area contributed by atoms with Gasteiger partial charge in [0.05, 0.1) is 0 Å². The Balaban J connectivity index is 1.47. The maximum absolute atomic E-state index is 6.31. The van der Waals surface area contributed by atoms with Crippen LogP contribution in [0.3, 0.4) is 0 Å². The van der Waals surface area contributed by atoms with Crippen molar-refractivity contribution in [3.05, 3.63) is 0 Å². The van der Waals surface area contributed by atoms with Gasteiger partial charge in [-0.15, -0.1) is 0 Å². The topological polar surface area (TPSA) is 29.3 Å². The first-order valence-corrected chi connectivity index (χ1v) is 7.12. The zero-order valence-corrected chi connectivity index (χ0v) is 10.6. The van der Waals surface area contributed by atoms with Gasteiger partial charge in [0.25, 0.3) is 0 Å². The predicted octanol–water partition coefficient (Wildman–Crippen LogP) is 2.24. The van der Waals surface area contributed by atoms with E-state index in [1.165, 1.54) is 51.5 Å². The van der Waals surface area contributed by atoms with E-state index in [2.05, 4.69) is 11.9 Å². The van der Waals surface area contributed by atoms with E-state index in [1.807, 2.05) is 0 Å². The van der Waals surface area contributed by atoms with Gasteiger partial charge in [0.1, 0.15) is 0 Å². The van der Waals surface area contributed by atoms with Crippen molar-refractivity contribution >= 4 is 0 Å². The van der Waals surface area contributed by atoms with Crippen LogP contribution >= 0.6 is 0 Å². The molecule has 3 aliphatic carbocycles. The Morgan fingerprint density at radius 2 is 2.06 bits per heavy atom. The van der Waals surface area contributed by atoms with Gasteiger partial charge < -0.3 is 10.6 Å². The Morgan fingerprint density at radius 1 is 1.25 bits per heavy atom. The molecular weight excluding hydrogens is 196 g/mol. The van der Waals surface area contributed by atoms with Crippen LogP contribution in [0.25, 0.3) is 0 Å². The van der Waals surface area contributed by atoms with Gasteiger partial charge in [-0.1, -0.05) is 6.42 Å². The van der Waals surface area contributed by atoms with Gasteiger partial charge in [-0.25, -0.2) is 0 Å². The molecule has 3 saturated carbocycles. The fourth-order valence-corrected chi connectivity index (χ4v) is 4.39. The number of hydrogen-bond acceptors (Lipinski definition) is 2. The Hall–Kier alpha value is -0.0800. The van der Waals surface area contributed by atoms with Gasteiger partial charge in [-0.3, -0.25) is 0 Å².